The van der Waals surface area contributed by atoms with E-state index in [0.717, 1.165) is 69.7 Å². The molecule has 3 saturated heterocycles. The molecule has 0 saturated carbocycles. The fraction of sp³-hybridized carbons (Fsp3) is 0.483. The topological polar surface area (TPSA) is 123 Å². The maximum absolute atomic E-state index is 13.1. The van der Waals surface area contributed by atoms with Crippen LogP contribution in [0.3, 0.4) is 0 Å². The van der Waals surface area contributed by atoms with Gasteiger partial charge in [0.05, 0.1) is 6.67 Å². The molecule has 3 fully saturated rings. The van der Waals surface area contributed by atoms with Crippen molar-refractivity contribution in [3.63, 3.8) is 0 Å². The summed E-state index contributed by atoms with van der Waals surface area (Å²) in [6, 6.07) is 19.3. The molecule has 39 heavy (non-hydrogen) atoms. The second-order valence-electron chi connectivity index (χ2n) is 11.0. The number of anilines is 1. The van der Waals surface area contributed by atoms with Gasteiger partial charge in [0.2, 0.25) is 5.91 Å². The number of para-hydroxylation sites is 2. The predicted molar refractivity (Wildman–Crippen MR) is 145 cm³/mol. The lowest BCUT2D eigenvalue weighted by Crippen LogP contribution is -2.58. The van der Waals surface area contributed by atoms with E-state index in [1.54, 1.807) is 0 Å². The van der Waals surface area contributed by atoms with Gasteiger partial charge in [-0.3, -0.25) is 9.69 Å². The van der Waals surface area contributed by atoms with Crippen LogP contribution in [0.25, 0.3) is 0 Å². The Kier molecular flexibility index (Phi) is 7.51. The molecule has 0 aliphatic carbocycles. The number of fused-ring (bicyclic) bond motifs is 1. The summed E-state index contributed by atoms with van der Waals surface area (Å²) in [5.74, 6) is -2.40. The summed E-state index contributed by atoms with van der Waals surface area (Å²) in [6.07, 6.45) is 4.90. The molecule has 1 amide bonds. The number of piperidine rings is 2. The molecule has 0 radical (unpaired) electrons. The highest BCUT2D eigenvalue weighted by atomic mass is 16.5. The number of carboxylic acids is 2. The maximum Gasteiger partial charge on any atom is 0.414 e. The number of carbonyl (C=O) groups is 3. The number of rotatable bonds is 2. The Bertz CT molecular complexity index is 1190. The van der Waals surface area contributed by atoms with Crippen LogP contribution in [0.4, 0.5) is 5.69 Å². The lowest BCUT2D eigenvalue weighted by atomic mass is 9.78. The van der Waals surface area contributed by atoms with Gasteiger partial charge in [-0.2, -0.15) is 0 Å². The molecule has 4 aliphatic rings. The normalized spacial score (nSPS) is 23.8. The number of aliphatic carboxylic acids is 2. The van der Waals surface area contributed by atoms with Gasteiger partial charge in [-0.15, -0.1) is 0 Å². The van der Waals surface area contributed by atoms with Crippen molar-refractivity contribution in [1.29, 1.82) is 0 Å². The summed E-state index contributed by atoms with van der Waals surface area (Å²) in [4.78, 5) is 38.6. The van der Waals surface area contributed by atoms with Crippen LogP contribution >= 0.6 is 0 Å². The van der Waals surface area contributed by atoms with Crippen molar-refractivity contribution in [1.82, 2.24) is 15.1 Å². The van der Waals surface area contributed by atoms with Gasteiger partial charge < -0.3 is 30.1 Å². The zero-order valence-electron chi connectivity index (χ0n) is 22.2. The van der Waals surface area contributed by atoms with Crippen molar-refractivity contribution in [2.75, 3.05) is 44.8 Å². The van der Waals surface area contributed by atoms with Crippen LogP contribution in [0.5, 0.6) is 5.75 Å². The van der Waals surface area contributed by atoms with Crippen LogP contribution < -0.4 is 15.0 Å². The monoisotopic (exact) mass is 536 g/mol. The molecule has 0 aromatic heterocycles. The van der Waals surface area contributed by atoms with E-state index in [4.69, 9.17) is 24.5 Å². The molecule has 2 aromatic carbocycles. The number of nitrogens with one attached hydrogen (secondary N) is 1. The minimum absolute atomic E-state index is 0.0680. The quantitative estimate of drug-likeness (QED) is 0.497. The third kappa shape index (κ3) is 5.31. The van der Waals surface area contributed by atoms with E-state index in [0.29, 0.717) is 12.7 Å². The van der Waals surface area contributed by atoms with Crippen LogP contribution in [-0.2, 0) is 14.4 Å². The molecule has 2 spiro atoms. The first-order valence-corrected chi connectivity index (χ1v) is 13.5. The Hall–Kier alpha value is -3.63. The van der Waals surface area contributed by atoms with Gasteiger partial charge in [0.15, 0.2) is 0 Å². The summed E-state index contributed by atoms with van der Waals surface area (Å²) < 4.78 is 6.69. The number of amides is 1. The Morgan fingerprint density at radius 1 is 0.897 bits per heavy atom. The van der Waals surface area contributed by atoms with Gasteiger partial charge >= 0.3 is 11.9 Å². The number of hydrogen-bond acceptors (Lipinski definition) is 7. The van der Waals surface area contributed by atoms with E-state index in [1.165, 1.54) is 5.56 Å². The van der Waals surface area contributed by atoms with Crippen molar-refractivity contribution in [3.05, 3.63) is 60.2 Å². The lowest BCUT2D eigenvalue weighted by molar-refractivity contribution is -0.159. The standard InChI is InChI=1S/C27H34N4O2.C2H2O4/c1-29-15-11-26(12-16-29)19-23(22-9-5-6-10-24(22)33-26)30-17-13-27(14-18-30)25(32)28-20-31(27)21-7-3-2-4-8-21;3-1(4)2(5)6/h2-10,23H,11-20H2,1H3,(H,28,32);(H,3,4)(H,5,6). The smallest absolute Gasteiger partial charge is 0.414 e. The zero-order valence-corrected chi connectivity index (χ0v) is 22.2. The highest BCUT2D eigenvalue weighted by molar-refractivity contribution is 6.27. The molecule has 4 aliphatic heterocycles. The van der Waals surface area contributed by atoms with Gasteiger partial charge in [0.25, 0.3) is 0 Å². The van der Waals surface area contributed by atoms with Gasteiger partial charge in [-0.05, 0) is 50.9 Å². The minimum atomic E-state index is -1.82. The first-order valence-electron chi connectivity index (χ1n) is 13.5. The molecular weight excluding hydrogens is 500 g/mol. The Labute approximate surface area is 228 Å². The average molecular weight is 537 g/mol. The molecule has 4 heterocycles. The number of carbonyl (C=O) groups excluding carboxylic acids is 1. The molecule has 1 unspecified atom stereocenters. The fourth-order valence-corrected chi connectivity index (χ4v) is 6.48. The lowest BCUT2D eigenvalue weighted by Gasteiger charge is -2.51. The van der Waals surface area contributed by atoms with Crippen molar-refractivity contribution < 1.29 is 29.3 Å². The third-order valence-corrected chi connectivity index (χ3v) is 8.72. The Morgan fingerprint density at radius 3 is 2.15 bits per heavy atom. The Morgan fingerprint density at radius 2 is 1.51 bits per heavy atom. The summed E-state index contributed by atoms with van der Waals surface area (Å²) in [5.41, 5.74) is 1.94. The third-order valence-electron chi connectivity index (χ3n) is 8.72. The summed E-state index contributed by atoms with van der Waals surface area (Å²) in [7, 11) is 2.20. The number of carboxylic acid groups (broad SMARTS) is 2. The van der Waals surface area contributed by atoms with Crippen LogP contribution in [0.1, 0.15) is 43.7 Å². The Balaban J connectivity index is 0.000000465. The highest BCUT2D eigenvalue weighted by Gasteiger charge is 2.52. The largest absolute Gasteiger partial charge is 0.487 e. The molecule has 0 bridgehead atoms. The predicted octanol–water partition coefficient (Wildman–Crippen LogP) is 2.56. The summed E-state index contributed by atoms with van der Waals surface area (Å²) >= 11 is 0. The van der Waals surface area contributed by atoms with Crippen LogP contribution in [0, 0.1) is 0 Å². The van der Waals surface area contributed by atoms with E-state index in [2.05, 4.69) is 75.6 Å². The molecule has 3 N–H and O–H groups in total. The second-order valence-corrected chi connectivity index (χ2v) is 11.0. The molecule has 208 valence electrons. The molecule has 2 aromatic rings. The second kappa shape index (κ2) is 10.9. The molecule has 6 rings (SSSR count). The van der Waals surface area contributed by atoms with Gasteiger partial charge in [-0.1, -0.05) is 36.4 Å². The number of hydrogen-bond donors (Lipinski definition) is 3. The number of likely N-dealkylation sites (tertiary alicyclic amines) is 2. The minimum Gasteiger partial charge on any atom is -0.487 e. The van der Waals surface area contributed by atoms with E-state index < -0.39 is 17.5 Å². The molecular formula is C29H36N4O6. The number of benzene rings is 2. The first-order chi connectivity index (χ1) is 18.7. The highest BCUT2D eigenvalue weighted by Crippen LogP contribution is 2.48. The fourth-order valence-electron chi connectivity index (χ4n) is 6.48. The van der Waals surface area contributed by atoms with Crippen molar-refractivity contribution >= 4 is 23.5 Å². The number of ether oxygens (including phenoxy) is 1. The number of nitrogens with zero attached hydrogens (tertiary/aromatic N) is 3. The van der Waals surface area contributed by atoms with Crippen molar-refractivity contribution in [2.24, 2.45) is 0 Å². The van der Waals surface area contributed by atoms with E-state index in [9.17, 15) is 4.79 Å². The van der Waals surface area contributed by atoms with Gasteiger partial charge in [-0.25, -0.2) is 9.59 Å². The molecule has 1 atom stereocenters. The van der Waals surface area contributed by atoms with Crippen molar-refractivity contribution in [2.45, 2.75) is 49.3 Å². The maximum atomic E-state index is 13.1. The van der Waals surface area contributed by atoms with Gasteiger partial charge in [0.1, 0.15) is 16.9 Å². The van der Waals surface area contributed by atoms with E-state index in [1.807, 2.05) is 6.07 Å². The van der Waals surface area contributed by atoms with E-state index >= 15 is 0 Å². The van der Waals surface area contributed by atoms with Crippen molar-refractivity contribution in [3.8, 4) is 5.75 Å². The summed E-state index contributed by atoms with van der Waals surface area (Å²) in [5, 5.41) is 17.9. The van der Waals surface area contributed by atoms with Crippen LogP contribution in [0.2, 0.25) is 0 Å². The first kappa shape index (κ1) is 27.0. The molecule has 10 heteroatoms. The molecule has 10 nitrogen and oxygen atoms in total. The van der Waals surface area contributed by atoms with Crippen LogP contribution in [0.15, 0.2) is 54.6 Å². The zero-order chi connectivity index (χ0) is 27.6. The van der Waals surface area contributed by atoms with Gasteiger partial charge in [0, 0.05) is 49.9 Å². The van der Waals surface area contributed by atoms with E-state index in [-0.39, 0.29) is 11.5 Å². The van der Waals surface area contributed by atoms with Crippen LogP contribution in [-0.4, -0.2) is 88.9 Å². The average Bonchev–Trinajstić information content (AvgIpc) is 3.26. The SMILES string of the molecule is CN1CCC2(CC1)CC(N1CCC3(CC1)C(=O)NCN3c1ccccc1)c1ccccc1O2.O=C(O)C(=O)O. The summed E-state index contributed by atoms with van der Waals surface area (Å²) in [6.45, 7) is 4.62.